The molecule has 0 bridgehead atoms. The van der Waals surface area contributed by atoms with Crippen LogP contribution >= 0.6 is 0 Å². The molecule has 3 N–H and O–H groups in total. The van der Waals surface area contributed by atoms with Crippen molar-refractivity contribution in [1.82, 2.24) is 20.2 Å². The van der Waals surface area contributed by atoms with E-state index in [4.69, 9.17) is 24.1 Å². The Hall–Kier alpha value is -3.74. The van der Waals surface area contributed by atoms with Gasteiger partial charge in [-0.05, 0) is 30.8 Å². The molecule has 212 valence electrons. The predicted molar refractivity (Wildman–Crippen MR) is 143 cm³/mol. The lowest BCUT2D eigenvalue weighted by Gasteiger charge is -2.19. The summed E-state index contributed by atoms with van der Waals surface area (Å²) in [7, 11) is 4.18. The predicted octanol–water partition coefficient (Wildman–Crippen LogP) is 3.02. The van der Waals surface area contributed by atoms with Crippen molar-refractivity contribution in [2.75, 3.05) is 59.4 Å². The molecule has 1 atom stereocenters. The largest absolute Gasteiger partial charge is 0.494 e. The Morgan fingerprint density at radius 2 is 1.62 bits per heavy atom. The van der Waals surface area contributed by atoms with Crippen LogP contribution in [0.1, 0.15) is 12.5 Å². The van der Waals surface area contributed by atoms with Gasteiger partial charge in [0.05, 0.1) is 44.9 Å². The van der Waals surface area contributed by atoms with Gasteiger partial charge in [-0.15, -0.1) is 0 Å². The second-order valence-electron chi connectivity index (χ2n) is 8.41. The van der Waals surface area contributed by atoms with Gasteiger partial charge in [-0.2, -0.15) is 0 Å². The third-order valence-corrected chi connectivity index (χ3v) is 5.95. The van der Waals surface area contributed by atoms with Gasteiger partial charge < -0.3 is 34.7 Å². The van der Waals surface area contributed by atoms with Crippen LogP contribution in [-0.4, -0.2) is 80.2 Å². The Morgan fingerprint density at radius 3 is 2.21 bits per heavy atom. The van der Waals surface area contributed by atoms with Crippen molar-refractivity contribution in [3.63, 3.8) is 0 Å². The number of likely N-dealkylation sites (N-methyl/N-ethyl adjacent to an activating group) is 1. The van der Waals surface area contributed by atoms with Crippen molar-refractivity contribution >= 4 is 5.95 Å². The molecule has 2 aromatic rings. The van der Waals surface area contributed by atoms with E-state index < -0.39 is 18.2 Å². The first-order chi connectivity index (χ1) is 18.9. The number of halogens is 2. The molecule has 12 heteroatoms. The van der Waals surface area contributed by atoms with E-state index in [0.29, 0.717) is 24.7 Å². The fraction of sp³-hybridized carbons (Fsp3) is 0.407. The van der Waals surface area contributed by atoms with Crippen LogP contribution in [0.5, 0.6) is 17.2 Å². The van der Waals surface area contributed by atoms with Crippen molar-refractivity contribution in [2.24, 2.45) is 0 Å². The molecule has 0 aliphatic heterocycles. The van der Waals surface area contributed by atoms with Crippen molar-refractivity contribution in [3.05, 3.63) is 71.4 Å². The van der Waals surface area contributed by atoms with Gasteiger partial charge in [-0.3, -0.25) is 4.90 Å². The van der Waals surface area contributed by atoms with Crippen LogP contribution in [-0.2, 0) is 11.3 Å². The number of nitrogens with zero attached hydrogens (tertiary/aromatic N) is 3. The molecule has 39 heavy (non-hydrogen) atoms. The van der Waals surface area contributed by atoms with E-state index >= 15 is 0 Å². The molecule has 0 saturated carbocycles. The summed E-state index contributed by atoms with van der Waals surface area (Å²) in [6.45, 7) is 4.78. The number of nitrogens with one attached hydrogen (secondary N) is 2. The third kappa shape index (κ3) is 8.37. The van der Waals surface area contributed by atoms with E-state index in [1.165, 1.54) is 26.6 Å². The highest BCUT2D eigenvalue weighted by Crippen LogP contribution is 2.32. The fourth-order valence-electron chi connectivity index (χ4n) is 3.76. The van der Waals surface area contributed by atoms with Crippen molar-refractivity contribution in [1.29, 1.82) is 0 Å². The second kappa shape index (κ2) is 15.0. The van der Waals surface area contributed by atoms with Crippen molar-refractivity contribution < 1.29 is 32.8 Å². The Balaban J connectivity index is 1.60. The standard InChI is InChI=1S/C27H35F2N5O5/c1-5-34(10-11-35)9-8-30-18-6-7-19(13-20(12-18)36-2)33-27-31-15-21(16-32-27)39-17-22-25(28)23(37-3)14-24(38-4)26(22)29/h6-7,12-16,20,30,35H,5,8-11,17H2,1-4H3,(H,31,32,33). The maximum Gasteiger partial charge on any atom is 0.227 e. The van der Waals surface area contributed by atoms with Gasteiger partial charge in [-0.25, -0.2) is 18.7 Å². The van der Waals surface area contributed by atoms with Crippen LogP contribution in [0.25, 0.3) is 0 Å². The summed E-state index contributed by atoms with van der Waals surface area (Å²) in [6, 6.07) is 1.14. The molecule has 0 fully saturated rings. The van der Waals surface area contributed by atoms with Crippen LogP contribution in [0, 0.1) is 11.6 Å². The topological polar surface area (TPSA) is 110 Å². The van der Waals surface area contributed by atoms with E-state index in [9.17, 15) is 8.78 Å². The molecule has 1 heterocycles. The maximum absolute atomic E-state index is 14.6. The summed E-state index contributed by atoms with van der Waals surface area (Å²) in [5, 5.41) is 15.7. The van der Waals surface area contributed by atoms with E-state index in [-0.39, 0.29) is 35.5 Å². The molecular weight excluding hydrogens is 512 g/mol. The quantitative estimate of drug-likeness (QED) is 0.308. The van der Waals surface area contributed by atoms with E-state index in [0.717, 1.165) is 24.9 Å². The average Bonchev–Trinajstić information content (AvgIpc) is 3.15. The first-order valence-corrected chi connectivity index (χ1v) is 12.4. The SMILES string of the molecule is CCN(CCO)CCNC1=CC(OC)C=C(Nc2ncc(OCc3c(F)c(OC)cc(OC)c3F)cn2)C=C1. The highest BCUT2D eigenvalue weighted by atomic mass is 19.1. The number of allylic oxidation sites excluding steroid dienone is 2. The third-order valence-electron chi connectivity index (χ3n) is 5.95. The number of rotatable bonds is 15. The Bertz CT molecular complexity index is 1150. The first kappa shape index (κ1) is 29.8. The van der Waals surface area contributed by atoms with Gasteiger partial charge >= 0.3 is 0 Å². The Labute approximate surface area is 226 Å². The zero-order valence-corrected chi connectivity index (χ0v) is 22.5. The molecule has 3 rings (SSSR count). The van der Waals surface area contributed by atoms with Crippen LogP contribution in [0.4, 0.5) is 14.7 Å². The molecule has 1 aromatic heterocycles. The van der Waals surface area contributed by atoms with E-state index in [2.05, 4.69) is 32.4 Å². The lowest BCUT2D eigenvalue weighted by atomic mass is 10.1. The van der Waals surface area contributed by atoms with Crippen LogP contribution in [0.3, 0.4) is 0 Å². The molecule has 1 aliphatic carbocycles. The summed E-state index contributed by atoms with van der Waals surface area (Å²) in [5.41, 5.74) is 1.28. The molecule has 0 saturated heterocycles. The minimum absolute atomic E-state index is 0.130. The number of aliphatic hydroxyl groups excluding tert-OH is 1. The Kier molecular flexibility index (Phi) is 11.5. The first-order valence-electron chi connectivity index (χ1n) is 12.4. The average molecular weight is 548 g/mol. The molecule has 1 unspecified atom stereocenters. The molecule has 0 spiro atoms. The van der Waals surface area contributed by atoms with Gasteiger partial charge in [0.1, 0.15) is 6.61 Å². The number of aliphatic hydroxyl groups is 1. The van der Waals surface area contributed by atoms with Gasteiger partial charge in [0.2, 0.25) is 5.95 Å². The summed E-state index contributed by atoms with van der Waals surface area (Å²) in [5.74, 6) is -1.53. The van der Waals surface area contributed by atoms with E-state index in [1.54, 1.807) is 7.11 Å². The lowest BCUT2D eigenvalue weighted by molar-refractivity contribution is 0.176. The van der Waals surface area contributed by atoms with Crippen LogP contribution in [0.2, 0.25) is 0 Å². The van der Waals surface area contributed by atoms with Crippen molar-refractivity contribution in [3.8, 4) is 17.2 Å². The highest BCUT2D eigenvalue weighted by Gasteiger charge is 2.20. The number of benzene rings is 1. The number of hydrogen-bond donors (Lipinski definition) is 3. The molecule has 1 aromatic carbocycles. The normalized spacial score (nSPS) is 14.9. The summed E-state index contributed by atoms with van der Waals surface area (Å²) in [6.07, 6.45) is 10.1. The zero-order chi connectivity index (χ0) is 28.2. The van der Waals surface area contributed by atoms with E-state index in [1.807, 2.05) is 24.3 Å². The number of anilines is 1. The monoisotopic (exact) mass is 547 g/mol. The summed E-state index contributed by atoms with van der Waals surface area (Å²) < 4.78 is 50.1. The molecular formula is C27H35F2N5O5. The molecule has 0 radical (unpaired) electrons. The zero-order valence-electron chi connectivity index (χ0n) is 22.5. The minimum atomic E-state index is -0.870. The second-order valence-corrected chi connectivity index (χ2v) is 8.41. The van der Waals surface area contributed by atoms with Gasteiger partial charge in [0.15, 0.2) is 28.9 Å². The minimum Gasteiger partial charge on any atom is -0.494 e. The van der Waals surface area contributed by atoms with Crippen LogP contribution < -0.4 is 24.8 Å². The van der Waals surface area contributed by atoms with Gasteiger partial charge in [0.25, 0.3) is 0 Å². The lowest BCUT2D eigenvalue weighted by Crippen LogP contribution is -2.33. The van der Waals surface area contributed by atoms with Crippen LogP contribution in [0.15, 0.2) is 54.2 Å². The number of aromatic nitrogens is 2. The summed E-state index contributed by atoms with van der Waals surface area (Å²) >= 11 is 0. The molecule has 0 amide bonds. The summed E-state index contributed by atoms with van der Waals surface area (Å²) in [4.78, 5) is 10.6. The van der Waals surface area contributed by atoms with Gasteiger partial charge in [0, 0.05) is 44.2 Å². The smallest absolute Gasteiger partial charge is 0.227 e. The molecule has 10 nitrogen and oxygen atoms in total. The maximum atomic E-state index is 14.6. The molecule has 1 aliphatic rings. The van der Waals surface area contributed by atoms with Gasteiger partial charge in [-0.1, -0.05) is 6.92 Å². The number of ether oxygens (including phenoxy) is 4. The van der Waals surface area contributed by atoms with Crippen molar-refractivity contribution in [2.45, 2.75) is 19.6 Å². The number of hydrogen-bond acceptors (Lipinski definition) is 10. The highest BCUT2D eigenvalue weighted by molar-refractivity contribution is 5.45. The number of methoxy groups -OCH3 is 3. The fourth-order valence-corrected chi connectivity index (χ4v) is 3.76. The Morgan fingerprint density at radius 1 is 0.974 bits per heavy atom.